The molecule has 0 heterocycles. The maximum absolute atomic E-state index is 13.0. The van der Waals surface area contributed by atoms with Crippen LogP contribution in [0.15, 0.2) is 53.0 Å². The Labute approximate surface area is 181 Å². The van der Waals surface area contributed by atoms with E-state index in [9.17, 15) is 9.59 Å². The standard InChI is InChI=1S/C23H29BrN2O3/c1-16(2)13-25-23(28)18(4)26(14-19-7-9-20(24)10-8-19)22(27)15-29-21-11-5-17(3)6-12-21/h5-12,16,18H,13-15H2,1-4H3,(H,25,28)/t18-/m1/s1. The predicted molar refractivity (Wildman–Crippen MR) is 119 cm³/mol. The van der Waals surface area contributed by atoms with Crippen LogP contribution in [0.4, 0.5) is 0 Å². The number of rotatable bonds is 9. The molecule has 0 unspecified atom stereocenters. The number of hydrogen-bond acceptors (Lipinski definition) is 3. The van der Waals surface area contributed by atoms with Gasteiger partial charge in [-0.25, -0.2) is 0 Å². The van der Waals surface area contributed by atoms with Gasteiger partial charge in [0.1, 0.15) is 11.8 Å². The van der Waals surface area contributed by atoms with E-state index in [-0.39, 0.29) is 18.4 Å². The summed E-state index contributed by atoms with van der Waals surface area (Å²) in [6.45, 7) is 8.59. The van der Waals surface area contributed by atoms with Crippen molar-refractivity contribution in [3.05, 3.63) is 64.1 Å². The number of amides is 2. The summed E-state index contributed by atoms with van der Waals surface area (Å²) in [6, 6.07) is 14.6. The molecule has 0 saturated heterocycles. The molecule has 6 heteroatoms. The smallest absolute Gasteiger partial charge is 0.261 e. The van der Waals surface area contributed by atoms with Crippen molar-refractivity contribution in [3.8, 4) is 5.75 Å². The van der Waals surface area contributed by atoms with Crippen molar-refractivity contribution in [1.29, 1.82) is 0 Å². The Balaban J connectivity index is 2.10. The molecular weight excluding hydrogens is 432 g/mol. The Morgan fingerprint density at radius 3 is 2.24 bits per heavy atom. The summed E-state index contributed by atoms with van der Waals surface area (Å²) >= 11 is 3.42. The monoisotopic (exact) mass is 460 g/mol. The molecule has 2 aromatic carbocycles. The molecule has 0 aliphatic rings. The van der Waals surface area contributed by atoms with Gasteiger partial charge in [0.25, 0.3) is 5.91 Å². The van der Waals surface area contributed by atoms with E-state index in [1.807, 2.05) is 69.3 Å². The lowest BCUT2D eigenvalue weighted by molar-refractivity contribution is -0.142. The first-order valence-electron chi connectivity index (χ1n) is 9.77. The number of halogens is 1. The first kappa shape index (κ1) is 22.9. The third-order valence-corrected chi connectivity index (χ3v) is 5.03. The van der Waals surface area contributed by atoms with Gasteiger partial charge >= 0.3 is 0 Å². The van der Waals surface area contributed by atoms with Crippen molar-refractivity contribution in [1.82, 2.24) is 10.2 Å². The second-order valence-electron chi connectivity index (χ2n) is 7.56. The van der Waals surface area contributed by atoms with Gasteiger partial charge in [-0.15, -0.1) is 0 Å². The number of benzene rings is 2. The summed E-state index contributed by atoms with van der Waals surface area (Å²) in [5, 5.41) is 2.91. The molecule has 0 bridgehead atoms. The molecule has 29 heavy (non-hydrogen) atoms. The number of nitrogens with zero attached hydrogens (tertiary/aromatic N) is 1. The Kier molecular flexibility index (Phi) is 8.70. The number of nitrogens with one attached hydrogen (secondary N) is 1. The molecule has 2 aromatic rings. The van der Waals surface area contributed by atoms with Crippen LogP contribution in [0.1, 0.15) is 31.9 Å². The summed E-state index contributed by atoms with van der Waals surface area (Å²) in [5.74, 6) is 0.566. The summed E-state index contributed by atoms with van der Waals surface area (Å²) in [4.78, 5) is 27.1. The van der Waals surface area contributed by atoms with Gasteiger partial charge in [0.2, 0.25) is 5.91 Å². The van der Waals surface area contributed by atoms with Gasteiger partial charge in [0.15, 0.2) is 6.61 Å². The van der Waals surface area contributed by atoms with Gasteiger partial charge in [0.05, 0.1) is 0 Å². The fraction of sp³-hybridized carbons (Fsp3) is 0.391. The molecule has 156 valence electrons. The van der Waals surface area contributed by atoms with Crippen LogP contribution in [0.25, 0.3) is 0 Å². The second kappa shape index (κ2) is 11.0. The zero-order valence-corrected chi connectivity index (χ0v) is 19.0. The van der Waals surface area contributed by atoms with Crippen LogP contribution >= 0.6 is 15.9 Å². The van der Waals surface area contributed by atoms with Crippen LogP contribution in [0.5, 0.6) is 5.75 Å². The molecule has 0 spiro atoms. The molecule has 0 aliphatic heterocycles. The largest absolute Gasteiger partial charge is 0.484 e. The molecular formula is C23H29BrN2O3. The molecule has 0 aromatic heterocycles. The Hall–Kier alpha value is -2.34. The first-order chi connectivity index (χ1) is 13.8. The molecule has 5 nitrogen and oxygen atoms in total. The van der Waals surface area contributed by atoms with E-state index in [0.29, 0.717) is 24.8 Å². The highest BCUT2D eigenvalue weighted by Crippen LogP contribution is 2.16. The number of carbonyl (C=O) groups is 2. The fourth-order valence-corrected chi connectivity index (χ4v) is 2.95. The van der Waals surface area contributed by atoms with Gasteiger partial charge in [-0.05, 0) is 49.6 Å². The molecule has 2 amide bonds. The van der Waals surface area contributed by atoms with Crippen molar-refractivity contribution in [2.24, 2.45) is 5.92 Å². The molecule has 0 saturated carbocycles. The maximum atomic E-state index is 13.0. The molecule has 1 N–H and O–H groups in total. The summed E-state index contributed by atoms with van der Waals surface area (Å²) in [7, 11) is 0. The molecule has 0 fully saturated rings. The highest BCUT2D eigenvalue weighted by atomic mass is 79.9. The van der Waals surface area contributed by atoms with Crippen LogP contribution in [-0.2, 0) is 16.1 Å². The van der Waals surface area contributed by atoms with E-state index in [2.05, 4.69) is 21.2 Å². The first-order valence-corrected chi connectivity index (χ1v) is 10.6. The van der Waals surface area contributed by atoms with Gasteiger partial charge in [-0.1, -0.05) is 59.6 Å². The molecule has 1 atom stereocenters. The highest BCUT2D eigenvalue weighted by molar-refractivity contribution is 9.10. The topological polar surface area (TPSA) is 58.6 Å². The quantitative estimate of drug-likeness (QED) is 0.605. The molecule has 0 aliphatic carbocycles. The van der Waals surface area contributed by atoms with E-state index in [1.54, 1.807) is 11.8 Å². The Bertz CT molecular complexity index is 804. The average Bonchev–Trinajstić information content (AvgIpc) is 2.70. The summed E-state index contributed by atoms with van der Waals surface area (Å²) in [5.41, 5.74) is 2.07. The van der Waals surface area contributed by atoms with Gasteiger partial charge in [0, 0.05) is 17.6 Å². The van der Waals surface area contributed by atoms with E-state index >= 15 is 0 Å². The fourth-order valence-electron chi connectivity index (χ4n) is 2.68. The molecule has 0 radical (unpaired) electrons. The van der Waals surface area contributed by atoms with Gasteiger partial charge in [-0.3, -0.25) is 9.59 Å². The normalized spacial score (nSPS) is 11.8. The molecule has 2 rings (SSSR count). The number of carbonyl (C=O) groups excluding carboxylic acids is 2. The van der Waals surface area contributed by atoms with Crippen LogP contribution in [0.2, 0.25) is 0 Å². The van der Waals surface area contributed by atoms with Crippen LogP contribution in [-0.4, -0.2) is 35.9 Å². The van der Waals surface area contributed by atoms with Gasteiger partial charge < -0.3 is 15.0 Å². The Morgan fingerprint density at radius 2 is 1.66 bits per heavy atom. The van der Waals surface area contributed by atoms with E-state index < -0.39 is 6.04 Å². The lowest BCUT2D eigenvalue weighted by atomic mass is 10.1. The number of aryl methyl sites for hydroxylation is 1. The summed E-state index contributed by atoms with van der Waals surface area (Å²) in [6.07, 6.45) is 0. The maximum Gasteiger partial charge on any atom is 0.261 e. The van der Waals surface area contributed by atoms with Crippen molar-refractivity contribution in [2.45, 2.75) is 40.3 Å². The van der Waals surface area contributed by atoms with E-state index in [1.165, 1.54) is 0 Å². The predicted octanol–water partition coefficient (Wildman–Crippen LogP) is 4.33. The lowest BCUT2D eigenvalue weighted by Gasteiger charge is -2.29. The second-order valence-corrected chi connectivity index (χ2v) is 8.48. The van der Waals surface area contributed by atoms with Crippen molar-refractivity contribution >= 4 is 27.7 Å². The number of ether oxygens (including phenoxy) is 1. The minimum atomic E-state index is -0.605. The third kappa shape index (κ3) is 7.54. The Morgan fingerprint density at radius 1 is 1.03 bits per heavy atom. The van der Waals surface area contributed by atoms with Crippen LogP contribution in [0, 0.1) is 12.8 Å². The van der Waals surface area contributed by atoms with E-state index in [4.69, 9.17) is 4.74 Å². The van der Waals surface area contributed by atoms with Crippen LogP contribution in [0.3, 0.4) is 0 Å². The minimum Gasteiger partial charge on any atom is -0.484 e. The zero-order valence-electron chi connectivity index (χ0n) is 17.4. The van der Waals surface area contributed by atoms with E-state index in [0.717, 1.165) is 15.6 Å². The lowest BCUT2D eigenvalue weighted by Crippen LogP contribution is -2.49. The van der Waals surface area contributed by atoms with Crippen molar-refractivity contribution < 1.29 is 14.3 Å². The minimum absolute atomic E-state index is 0.124. The third-order valence-electron chi connectivity index (χ3n) is 4.50. The average molecular weight is 461 g/mol. The highest BCUT2D eigenvalue weighted by Gasteiger charge is 2.26. The van der Waals surface area contributed by atoms with Crippen molar-refractivity contribution in [3.63, 3.8) is 0 Å². The zero-order chi connectivity index (χ0) is 21.4. The number of hydrogen-bond donors (Lipinski definition) is 1. The SMILES string of the molecule is Cc1ccc(OCC(=O)N(Cc2ccc(Br)cc2)[C@H](C)C(=O)NCC(C)C)cc1. The van der Waals surface area contributed by atoms with Crippen molar-refractivity contribution in [2.75, 3.05) is 13.2 Å². The van der Waals surface area contributed by atoms with Gasteiger partial charge in [-0.2, -0.15) is 0 Å². The summed E-state index contributed by atoms with van der Waals surface area (Å²) < 4.78 is 6.62. The van der Waals surface area contributed by atoms with Crippen LogP contribution < -0.4 is 10.1 Å².